The number of hydrogen-bond acceptors (Lipinski definition) is 4. The number of fused-ring (bicyclic) bond motifs is 1. The number of aromatic nitrogens is 3. The molecular formula is C11H19N5. The molecule has 16 heavy (non-hydrogen) atoms. The van der Waals surface area contributed by atoms with Crippen molar-refractivity contribution in [1.82, 2.24) is 25.4 Å². The van der Waals surface area contributed by atoms with Crippen LogP contribution in [0.4, 0.5) is 0 Å². The summed E-state index contributed by atoms with van der Waals surface area (Å²) in [6, 6.07) is 0.716. The number of rotatable bonds is 3. The largest absolute Gasteiger partial charge is 0.312 e. The third kappa shape index (κ3) is 1.85. The van der Waals surface area contributed by atoms with Crippen LogP contribution in [0.25, 0.3) is 0 Å². The molecule has 3 heterocycles. The van der Waals surface area contributed by atoms with Crippen LogP contribution in [0.5, 0.6) is 0 Å². The maximum Gasteiger partial charge on any atom is 0.150 e. The fraction of sp³-hybridized carbons (Fsp3) is 0.818. The lowest BCUT2D eigenvalue weighted by molar-refractivity contribution is 0.299. The molecule has 0 bridgehead atoms. The van der Waals surface area contributed by atoms with Gasteiger partial charge in [-0.1, -0.05) is 6.92 Å². The molecule has 0 aliphatic carbocycles. The lowest BCUT2D eigenvalue weighted by Gasteiger charge is -2.14. The molecule has 5 heteroatoms. The zero-order valence-electron chi connectivity index (χ0n) is 9.74. The van der Waals surface area contributed by atoms with Crippen LogP contribution >= 0.6 is 0 Å². The Hall–Kier alpha value is -0.940. The van der Waals surface area contributed by atoms with E-state index in [-0.39, 0.29) is 0 Å². The van der Waals surface area contributed by atoms with Crippen molar-refractivity contribution in [2.75, 3.05) is 19.6 Å². The van der Waals surface area contributed by atoms with E-state index in [0.717, 1.165) is 37.1 Å². The lowest BCUT2D eigenvalue weighted by atomic mass is 10.1. The van der Waals surface area contributed by atoms with Crippen LogP contribution in [0.2, 0.25) is 0 Å². The Morgan fingerprint density at radius 1 is 1.44 bits per heavy atom. The molecule has 2 aliphatic rings. The van der Waals surface area contributed by atoms with Gasteiger partial charge in [-0.15, -0.1) is 0 Å². The molecule has 2 saturated heterocycles. The van der Waals surface area contributed by atoms with Crippen molar-refractivity contribution >= 4 is 0 Å². The molecule has 88 valence electrons. The molecule has 2 atom stereocenters. The Labute approximate surface area is 95.6 Å². The highest BCUT2D eigenvalue weighted by Crippen LogP contribution is 2.25. The maximum atomic E-state index is 4.46. The normalized spacial score (nSPS) is 29.8. The number of aromatic amines is 1. The second-order valence-electron chi connectivity index (χ2n) is 4.86. The van der Waals surface area contributed by atoms with Crippen LogP contribution in [-0.2, 0) is 13.0 Å². The number of nitrogens with one attached hydrogen (secondary N) is 2. The molecule has 2 fully saturated rings. The van der Waals surface area contributed by atoms with Gasteiger partial charge in [0.15, 0.2) is 0 Å². The summed E-state index contributed by atoms with van der Waals surface area (Å²) in [5.74, 6) is 2.79. The van der Waals surface area contributed by atoms with Gasteiger partial charge >= 0.3 is 0 Å². The molecule has 0 spiro atoms. The SMILES string of the molecule is CCc1n[nH]c(CN2C[C@@H]3CCN[C@@H]3C2)n1. The molecule has 0 saturated carbocycles. The molecule has 2 aliphatic heterocycles. The van der Waals surface area contributed by atoms with Crippen molar-refractivity contribution in [2.24, 2.45) is 5.92 Å². The predicted octanol–water partition coefficient (Wildman–Crippen LogP) is 0.161. The summed E-state index contributed by atoms with van der Waals surface area (Å²) in [6.45, 7) is 6.57. The summed E-state index contributed by atoms with van der Waals surface area (Å²) < 4.78 is 0. The number of H-pyrrole nitrogens is 1. The van der Waals surface area contributed by atoms with E-state index in [0.29, 0.717) is 6.04 Å². The highest BCUT2D eigenvalue weighted by atomic mass is 15.3. The standard InChI is InChI=1S/C11H19N5/c1-2-10-13-11(15-14-10)7-16-5-8-3-4-12-9(8)6-16/h8-9,12H,2-7H2,1H3,(H,13,14,15)/t8-,9+/m0/s1. The Morgan fingerprint density at radius 3 is 3.12 bits per heavy atom. The van der Waals surface area contributed by atoms with E-state index in [1.54, 1.807) is 0 Å². The molecule has 0 aromatic carbocycles. The molecule has 0 radical (unpaired) electrons. The van der Waals surface area contributed by atoms with Crippen molar-refractivity contribution < 1.29 is 0 Å². The average molecular weight is 221 g/mol. The van der Waals surface area contributed by atoms with Gasteiger partial charge < -0.3 is 5.32 Å². The minimum Gasteiger partial charge on any atom is -0.312 e. The Kier molecular flexibility index (Phi) is 2.65. The predicted molar refractivity (Wildman–Crippen MR) is 60.9 cm³/mol. The fourth-order valence-electron chi connectivity index (χ4n) is 2.84. The molecule has 1 aromatic rings. The second kappa shape index (κ2) is 4.14. The first-order chi connectivity index (χ1) is 7.85. The molecule has 0 amide bonds. The van der Waals surface area contributed by atoms with E-state index in [4.69, 9.17) is 0 Å². The van der Waals surface area contributed by atoms with E-state index >= 15 is 0 Å². The molecule has 5 nitrogen and oxygen atoms in total. The minimum absolute atomic E-state index is 0.716. The highest BCUT2D eigenvalue weighted by Gasteiger charge is 2.35. The Morgan fingerprint density at radius 2 is 2.38 bits per heavy atom. The average Bonchev–Trinajstić information content (AvgIpc) is 2.92. The number of nitrogens with zero attached hydrogens (tertiary/aromatic N) is 3. The van der Waals surface area contributed by atoms with Gasteiger partial charge in [-0.3, -0.25) is 10.00 Å². The summed E-state index contributed by atoms with van der Waals surface area (Å²) in [4.78, 5) is 6.93. The topological polar surface area (TPSA) is 56.8 Å². The number of hydrogen-bond donors (Lipinski definition) is 2. The quantitative estimate of drug-likeness (QED) is 0.763. The minimum atomic E-state index is 0.716. The first-order valence-electron chi connectivity index (χ1n) is 6.21. The van der Waals surface area contributed by atoms with Crippen molar-refractivity contribution in [1.29, 1.82) is 0 Å². The van der Waals surface area contributed by atoms with Gasteiger partial charge in [0, 0.05) is 25.6 Å². The monoisotopic (exact) mass is 221 g/mol. The van der Waals surface area contributed by atoms with E-state index in [1.165, 1.54) is 19.5 Å². The molecular weight excluding hydrogens is 202 g/mol. The van der Waals surface area contributed by atoms with E-state index in [1.807, 2.05) is 0 Å². The molecule has 2 N–H and O–H groups in total. The van der Waals surface area contributed by atoms with Crippen LogP contribution in [0.1, 0.15) is 25.0 Å². The highest BCUT2D eigenvalue weighted by molar-refractivity contribution is 4.97. The van der Waals surface area contributed by atoms with E-state index < -0.39 is 0 Å². The third-order valence-corrected chi connectivity index (χ3v) is 3.71. The Bertz CT molecular complexity index is 349. The van der Waals surface area contributed by atoms with Crippen LogP contribution in [-0.4, -0.2) is 45.8 Å². The third-order valence-electron chi connectivity index (χ3n) is 3.71. The van der Waals surface area contributed by atoms with Gasteiger partial charge in [0.05, 0.1) is 6.54 Å². The summed E-state index contributed by atoms with van der Waals surface area (Å²) in [5.41, 5.74) is 0. The second-order valence-corrected chi connectivity index (χ2v) is 4.86. The van der Waals surface area contributed by atoms with Gasteiger partial charge in [-0.25, -0.2) is 4.98 Å². The van der Waals surface area contributed by atoms with Crippen molar-refractivity contribution in [3.63, 3.8) is 0 Å². The zero-order chi connectivity index (χ0) is 11.0. The Balaban J connectivity index is 1.59. The number of likely N-dealkylation sites (tertiary alicyclic amines) is 1. The van der Waals surface area contributed by atoms with E-state index in [9.17, 15) is 0 Å². The van der Waals surface area contributed by atoms with Crippen molar-refractivity contribution in [3.8, 4) is 0 Å². The van der Waals surface area contributed by atoms with Gasteiger partial charge in [-0.2, -0.15) is 5.10 Å². The number of aryl methyl sites for hydroxylation is 1. The van der Waals surface area contributed by atoms with E-state index in [2.05, 4.69) is 32.3 Å². The summed E-state index contributed by atoms with van der Waals surface area (Å²) in [7, 11) is 0. The molecule has 1 aromatic heterocycles. The zero-order valence-corrected chi connectivity index (χ0v) is 9.74. The molecule has 0 unspecified atom stereocenters. The van der Waals surface area contributed by atoms with Crippen LogP contribution < -0.4 is 5.32 Å². The smallest absolute Gasteiger partial charge is 0.150 e. The van der Waals surface area contributed by atoms with Crippen molar-refractivity contribution in [3.05, 3.63) is 11.6 Å². The summed E-state index contributed by atoms with van der Waals surface area (Å²) in [5, 5.41) is 10.8. The van der Waals surface area contributed by atoms with Crippen LogP contribution in [0.15, 0.2) is 0 Å². The lowest BCUT2D eigenvalue weighted by Crippen LogP contribution is -2.30. The summed E-state index contributed by atoms with van der Waals surface area (Å²) >= 11 is 0. The van der Waals surface area contributed by atoms with Gasteiger partial charge in [0.1, 0.15) is 11.6 Å². The first-order valence-corrected chi connectivity index (χ1v) is 6.21. The van der Waals surface area contributed by atoms with Gasteiger partial charge in [-0.05, 0) is 18.9 Å². The fourth-order valence-corrected chi connectivity index (χ4v) is 2.84. The van der Waals surface area contributed by atoms with Gasteiger partial charge in [0.25, 0.3) is 0 Å². The van der Waals surface area contributed by atoms with Gasteiger partial charge in [0.2, 0.25) is 0 Å². The summed E-state index contributed by atoms with van der Waals surface area (Å²) in [6.07, 6.45) is 2.24. The maximum absolute atomic E-state index is 4.46. The van der Waals surface area contributed by atoms with Crippen LogP contribution in [0, 0.1) is 5.92 Å². The van der Waals surface area contributed by atoms with Crippen molar-refractivity contribution in [2.45, 2.75) is 32.4 Å². The molecule has 3 rings (SSSR count). The van der Waals surface area contributed by atoms with Crippen LogP contribution in [0.3, 0.4) is 0 Å². The first kappa shape index (κ1) is 10.2.